The van der Waals surface area contributed by atoms with Crippen molar-refractivity contribution < 1.29 is 9.59 Å². The molecule has 1 aromatic rings. The summed E-state index contributed by atoms with van der Waals surface area (Å²) in [5.74, 6) is -0.133. The molecule has 23 heavy (non-hydrogen) atoms. The molecule has 1 heterocycles. The van der Waals surface area contributed by atoms with Crippen LogP contribution in [0.1, 0.15) is 63.1 Å². The molecule has 0 atom stereocenters. The Hall–Kier alpha value is -1.43. The molecule has 0 saturated heterocycles. The summed E-state index contributed by atoms with van der Waals surface area (Å²) >= 11 is 1.58. The first-order chi connectivity index (χ1) is 11.1. The Morgan fingerprint density at radius 3 is 2.61 bits per heavy atom. The molecule has 2 rings (SSSR count). The fourth-order valence-electron chi connectivity index (χ4n) is 3.04. The number of aryl methyl sites for hydroxylation is 1. The van der Waals surface area contributed by atoms with Crippen LogP contribution in [0.4, 0.5) is 0 Å². The van der Waals surface area contributed by atoms with E-state index in [9.17, 15) is 9.59 Å². The molecule has 0 radical (unpaired) electrons. The highest BCUT2D eigenvalue weighted by Gasteiger charge is 2.40. The first-order valence-electron chi connectivity index (χ1n) is 8.62. The van der Waals surface area contributed by atoms with Crippen molar-refractivity contribution in [1.82, 2.24) is 15.6 Å². The second-order valence-electron chi connectivity index (χ2n) is 6.21. The average molecular weight is 337 g/mol. The van der Waals surface area contributed by atoms with Crippen molar-refractivity contribution in [2.45, 2.75) is 70.8 Å². The molecule has 2 N–H and O–H groups in total. The Bertz CT molecular complexity index is 536. The van der Waals surface area contributed by atoms with Crippen LogP contribution >= 0.6 is 11.3 Å². The highest BCUT2D eigenvalue weighted by atomic mass is 32.1. The predicted octanol–water partition coefficient (Wildman–Crippen LogP) is 2.59. The molecule has 6 heteroatoms. The lowest BCUT2D eigenvalue weighted by Crippen LogP contribution is -2.60. The number of aromatic nitrogens is 1. The van der Waals surface area contributed by atoms with Crippen molar-refractivity contribution in [3.63, 3.8) is 0 Å². The van der Waals surface area contributed by atoms with Crippen molar-refractivity contribution in [1.29, 1.82) is 0 Å². The maximum absolute atomic E-state index is 12.6. The average Bonchev–Trinajstić information content (AvgIpc) is 3.00. The molecule has 1 saturated carbocycles. The minimum atomic E-state index is -0.728. The highest BCUT2D eigenvalue weighted by molar-refractivity contribution is 7.09. The Labute approximate surface area is 142 Å². The zero-order valence-corrected chi connectivity index (χ0v) is 14.9. The third kappa shape index (κ3) is 4.77. The van der Waals surface area contributed by atoms with E-state index in [2.05, 4.69) is 22.5 Å². The van der Waals surface area contributed by atoms with Crippen molar-refractivity contribution in [3.05, 3.63) is 16.1 Å². The number of carbonyl (C=O) groups is 2. The second-order valence-corrected chi connectivity index (χ2v) is 7.15. The summed E-state index contributed by atoms with van der Waals surface area (Å²) in [7, 11) is 0. The number of hydrogen-bond donors (Lipinski definition) is 2. The predicted molar refractivity (Wildman–Crippen MR) is 92.5 cm³/mol. The number of nitrogens with one attached hydrogen (secondary N) is 2. The van der Waals surface area contributed by atoms with E-state index in [1.165, 1.54) is 0 Å². The molecule has 128 valence electrons. The molecule has 1 aromatic heterocycles. The summed E-state index contributed by atoms with van der Waals surface area (Å²) in [6.45, 7) is 4.74. The van der Waals surface area contributed by atoms with E-state index < -0.39 is 5.54 Å². The first-order valence-corrected chi connectivity index (χ1v) is 9.50. The van der Waals surface area contributed by atoms with Gasteiger partial charge in [0.05, 0.1) is 17.1 Å². The molecule has 0 aromatic carbocycles. The molecule has 0 aliphatic heterocycles. The summed E-state index contributed by atoms with van der Waals surface area (Å²) in [6, 6.07) is 0. The van der Waals surface area contributed by atoms with Crippen LogP contribution in [0, 0.1) is 0 Å². The summed E-state index contributed by atoms with van der Waals surface area (Å²) in [5, 5.41) is 8.96. The Kier molecular flexibility index (Phi) is 6.57. The van der Waals surface area contributed by atoms with Crippen LogP contribution in [-0.2, 0) is 22.4 Å². The largest absolute Gasteiger partial charge is 0.354 e. The molecule has 2 amide bonds. The lowest BCUT2D eigenvalue weighted by molar-refractivity contribution is -0.134. The summed E-state index contributed by atoms with van der Waals surface area (Å²) in [4.78, 5) is 29.4. The Balaban J connectivity index is 2.01. The van der Waals surface area contributed by atoms with Gasteiger partial charge in [0.25, 0.3) is 0 Å². The lowest BCUT2D eigenvalue weighted by Gasteiger charge is -2.36. The van der Waals surface area contributed by atoms with Crippen LogP contribution in [0.2, 0.25) is 0 Å². The Morgan fingerprint density at radius 2 is 2.00 bits per heavy atom. The maximum atomic E-state index is 12.6. The van der Waals surface area contributed by atoms with Crippen LogP contribution in [0.25, 0.3) is 0 Å². The molecule has 5 nitrogen and oxygen atoms in total. The van der Waals surface area contributed by atoms with Crippen LogP contribution in [0.15, 0.2) is 5.38 Å². The summed E-state index contributed by atoms with van der Waals surface area (Å²) in [5.41, 5.74) is 0.0676. The SMILES string of the molecule is CCCNC(=O)C1(NC(=O)Cc2csc(CC)n2)CCCCC1. The summed E-state index contributed by atoms with van der Waals surface area (Å²) < 4.78 is 0. The van der Waals surface area contributed by atoms with Crippen LogP contribution in [-0.4, -0.2) is 28.9 Å². The number of carbonyl (C=O) groups excluding carboxylic acids is 2. The van der Waals surface area contributed by atoms with Crippen LogP contribution in [0.5, 0.6) is 0 Å². The molecule has 1 aliphatic carbocycles. The van der Waals surface area contributed by atoms with Gasteiger partial charge >= 0.3 is 0 Å². The van der Waals surface area contributed by atoms with E-state index in [0.29, 0.717) is 6.54 Å². The van der Waals surface area contributed by atoms with E-state index in [1.807, 2.05) is 12.3 Å². The van der Waals surface area contributed by atoms with Crippen molar-refractivity contribution in [3.8, 4) is 0 Å². The number of thiazole rings is 1. The van der Waals surface area contributed by atoms with Crippen molar-refractivity contribution >= 4 is 23.2 Å². The van der Waals surface area contributed by atoms with E-state index in [1.54, 1.807) is 11.3 Å². The number of nitrogens with zero attached hydrogens (tertiary/aromatic N) is 1. The zero-order chi connectivity index (χ0) is 16.7. The summed E-state index contributed by atoms with van der Waals surface area (Å²) in [6.07, 6.45) is 6.58. The van der Waals surface area contributed by atoms with Gasteiger partial charge in [-0.15, -0.1) is 11.3 Å². The van der Waals surface area contributed by atoms with Crippen LogP contribution in [0.3, 0.4) is 0 Å². The first kappa shape index (κ1) is 17.9. The molecule has 0 spiro atoms. The Morgan fingerprint density at radius 1 is 1.26 bits per heavy atom. The number of hydrogen-bond acceptors (Lipinski definition) is 4. The highest BCUT2D eigenvalue weighted by Crippen LogP contribution is 2.28. The van der Waals surface area contributed by atoms with Gasteiger partial charge in [-0.25, -0.2) is 4.98 Å². The van der Waals surface area contributed by atoms with E-state index in [4.69, 9.17) is 0 Å². The van der Waals surface area contributed by atoms with E-state index >= 15 is 0 Å². The van der Waals surface area contributed by atoms with Gasteiger partial charge in [0, 0.05) is 11.9 Å². The standard InChI is InChI=1S/C17H27N3O2S/c1-3-10-18-16(22)17(8-6-5-7-9-17)20-14(21)11-13-12-23-15(4-2)19-13/h12H,3-11H2,1-2H3,(H,18,22)(H,20,21). The topological polar surface area (TPSA) is 71.1 Å². The van der Waals surface area contributed by atoms with Gasteiger partial charge in [0.1, 0.15) is 5.54 Å². The molecular formula is C17H27N3O2S. The number of rotatable bonds is 7. The number of amides is 2. The molecular weight excluding hydrogens is 310 g/mol. The lowest BCUT2D eigenvalue weighted by atomic mass is 9.80. The smallest absolute Gasteiger partial charge is 0.245 e. The molecule has 1 aliphatic rings. The van der Waals surface area contributed by atoms with Gasteiger partial charge < -0.3 is 10.6 Å². The van der Waals surface area contributed by atoms with Gasteiger partial charge in [-0.1, -0.05) is 33.1 Å². The van der Waals surface area contributed by atoms with Gasteiger partial charge in [0.2, 0.25) is 11.8 Å². The fourth-order valence-corrected chi connectivity index (χ4v) is 3.78. The third-order valence-electron chi connectivity index (χ3n) is 4.30. The second kappa shape index (κ2) is 8.43. The van der Waals surface area contributed by atoms with Gasteiger partial charge in [-0.05, 0) is 25.7 Å². The maximum Gasteiger partial charge on any atom is 0.245 e. The van der Waals surface area contributed by atoms with E-state index in [0.717, 1.165) is 55.6 Å². The van der Waals surface area contributed by atoms with Gasteiger partial charge in [0.15, 0.2) is 0 Å². The minimum absolute atomic E-state index is 0.0278. The van der Waals surface area contributed by atoms with Crippen molar-refractivity contribution in [2.75, 3.05) is 6.54 Å². The quantitative estimate of drug-likeness (QED) is 0.803. The monoisotopic (exact) mass is 337 g/mol. The fraction of sp³-hybridized carbons (Fsp3) is 0.706. The van der Waals surface area contributed by atoms with Gasteiger partial charge in [-0.3, -0.25) is 9.59 Å². The van der Waals surface area contributed by atoms with Gasteiger partial charge in [-0.2, -0.15) is 0 Å². The molecule has 1 fully saturated rings. The minimum Gasteiger partial charge on any atom is -0.354 e. The molecule has 0 unspecified atom stereocenters. The molecule has 0 bridgehead atoms. The van der Waals surface area contributed by atoms with E-state index in [-0.39, 0.29) is 18.2 Å². The normalized spacial score (nSPS) is 16.8. The third-order valence-corrected chi connectivity index (χ3v) is 5.34. The zero-order valence-electron chi connectivity index (χ0n) is 14.1. The van der Waals surface area contributed by atoms with Crippen LogP contribution < -0.4 is 10.6 Å². The van der Waals surface area contributed by atoms with Crippen molar-refractivity contribution in [2.24, 2.45) is 0 Å².